The van der Waals surface area contributed by atoms with Crippen molar-refractivity contribution < 1.29 is 9.18 Å². The summed E-state index contributed by atoms with van der Waals surface area (Å²) in [4.78, 5) is 18.5. The zero-order valence-electron chi connectivity index (χ0n) is 17.8. The zero-order valence-corrected chi connectivity index (χ0v) is 19.9. The lowest BCUT2D eigenvalue weighted by molar-refractivity contribution is 0.161. The van der Waals surface area contributed by atoms with Gasteiger partial charge in [-0.05, 0) is 90.7 Å². The number of halogens is 2. The number of para-hydroxylation sites is 1. The summed E-state index contributed by atoms with van der Waals surface area (Å²) < 4.78 is 14.7. The van der Waals surface area contributed by atoms with Crippen LogP contribution in [0.25, 0.3) is 16.5 Å². The molecule has 2 aliphatic heterocycles. The van der Waals surface area contributed by atoms with E-state index in [0.717, 1.165) is 23.9 Å². The summed E-state index contributed by atoms with van der Waals surface area (Å²) in [5, 5.41) is 6.57. The van der Waals surface area contributed by atoms with Gasteiger partial charge in [-0.2, -0.15) is 0 Å². The van der Waals surface area contributed by atoms with Crippen molar-refractivity contribution in [3.05, 3.63) is 63.6 Å². The van der Waals surface area contributed by atoms with E-state index in [9.17, 15) is 9.18 Å². The third-order valence-electron chi connectivity index (χ3n) is 6.56. The number of amides is 2. The van der Waals surface area contributed by atoms with E-state index in [4.69, 9.17) is 0 Å². The molecule has 0 aliphatic carbocycles. The Bertz CT molecular complexity index is 1170. The predicted molar refractivity (Wildman–Crippen MR) is 136 cm³/mol. The Hall–Kier alpha value is -2.39. The molecule has 2 aliphatic rings. The molecule has 3 N–H and O–H groups in total. The van der Waals surface area contributed by atoms with Crippen LogP contribution in [-0.2, 0) is 0 Å². The number of aromatic nitrogens is 1. The van der Waals surface area contributed by atoms with Crippen molar-refractivity contribution in [1.29, 1.82) is 0 Å². The third kappa shape index (κ3) is 4.41. The second-order valence-corrected chi connectivity index (χ2v) is 9.71. The van der Waals surface area contributed by atoms with Crippen LogP contribution in [0.5, 0.6) is 0 Å². The molecule has 5 nitrogen and oxygen atoms in total. The quantitative estimate of drug-likeness (QED) is 0.326. The summed E-state index contributed by atoms with van der Waals surface area (Å²) in [6, 6.07) is 10.8. The molecule has 2 amide bonds. The number of carbonyl (C=O) groups is 1. The molecule has 32 heavy (non-hydrogen) atoms. The maximum atomic E-state index is 14.1. The van der Waals surface area contributed by atoms with E-state index < -0.39 is 11.8 Å². The lowest BCUT2D eigenvalue weighted by atomic mass is 9.95. The van der Waals surface area contributed by atoms with E-state index in [2.05, 4.69) is 32.8 Å². The van der Waals surface area contributed by atoms with E-state index >= 15 is 0 Å². The van der Waals surface area contributed by atoms with Gasteiger partial charge in [0.05, 0.1) is 5.69 Å². The normalized spacial score (nSPS) is 19.2. The number of piperidine rings is 1. The first-order valence-corrected chi connectivity index (χ1v) is 12.2. The molecule has 2 aromatic carbocycles. The van der Waals surface area contributed by atoms with Crippen molar-refractivity contribution in [1.82, 2.24) is 9.88 Å². The van der Waals surface area contributed by atoms with Crippen LogP contribution >= 0.6 is 22.6 Å². The first kappa shape index (κ1) is 21.5. The number of allylic oxidation sites excluding steroid dienone is 1. The van der Waals surface area contributed by atoms with Gasteiger partial charge in [0.1, 0.15) is 5.82 Å². The monoisotopic (exact) mass is 544 g/mol. The Labute approximate surface area is 200 Å². The second-order valence-electron chi connectivity index (χ2n) is 8.55. The van der Waals surface area contributed by atoms with Crippen molar-refractivity contribution in [2.45, 2.75) is 38.1 Å². The van der Waals surface area contributed by atoms with Crippen molar-refractivity contribution >= 4 is 56.5 Å². The molecule has 3 heterocycles. The van der Waals surface area contributed by atoms with E-state index in [-0.39, 0.29) is 5.69 Å². The summed E-state index contributed by atoms with van der Waals surface area (Å²) in [7, 11) is 0. The van der Waals surface area contributed by atoms with Gasteiger partial charge in [-0.1, -0.05) is 18.6 Å². The molecule has 0 bridgehead atoms. The van der Waals surface area contributed by atoms with Crippen molar-refractivity contribution in [2.24, 2.45) is 0 Å². The van der Waals surface area contributed by atoms with Gasteiger partial charge in [0, 0.05) is 44.5 Å². The Balaban J connectivity index is 1.36. The number of aromatic amines is 1. The third-order valence-corrected chi connectivity index (χ3v) is 7.45. The number of hydrogen-bond donors (Lipinski definition) is 3. The average Bonchev–Trinajstić information content (AvgIpc) is 3.08. The van der Waals surface area contributed by atoms with Crippen LogP contribution in [0.15, 0.2) is 48.7 Å². The smallest absolute Gasteiger partial charge is 0.323 e. The van der Waals surface area contributed by atoms with Crippen molar-refractivity contribution in [3.8, 4) is 0 Å². The molecular formula is C25H26FIN4O. The van der Waals surface area contributed by atoms with Gasteiger partial charge in [0.2, 0.25) is 0 Å². The fourth-order valence-electron chi connectivity index (χ4n) is 4.88. The maximum absolute atomic E-state index is 14.1. The Kier molecular flexibility index (Phi) is 6.19. The fourth-order valence-corrected chi connectivity index (χ4v) is 5.48. The molecule has 1 saturated heterocycles. The molecule has 1 unspecified atom stereocenters. The summed E-state index contributed by atoms with van der Waals surface area (Å²) in [6.45, 7) is 2.21. The minimum Gasteiger partial charge on any atom is -0.361 e. The predicted octanol–water partition coefficient (Wildman–Crippen LogP) is 6.59. The van der Waals surface area contributed by atoms with Crippen molar-refractivity contribution in [2.75, 3.05) is 23.7 Å². The number of anilines is 2. The number of urea groups is 1. The van der Waals surface area contributed by atoms with Crippen LogP contribution in [0.1, 0.15) is 37.7 Å². The van der Waals surface area contributed by atoms with Gasteiger partial charge in [0.25, 0.3) is 0 Å². The van der Waals surface area contributed by atoms with E-state index in [1.54, 1.807) is 12.1 Å². The van der Waals surface area contributed by atoms with Gasteiger partial charge in [-0.25, -0.2) is 9.18 Å². The molecule has 7 heteroatoms. The van der Waals surface area contributed by atoms with Crippen LogP contribution in [0.4, 0.5) is 20.6 Å². The number of H-pyrrole nitrogens is 1. The molecule has 3 aromatic rings. The highest BCUT2D eigenvalue weighted by Crippen LogP contribution is 2.34. The number of hydrogen-bond acceptors (Lipinski definition) is 2. The second kappa shape index (κ2) is 9.23. The van der Waals surface area contributed by atoms with E-state index in [0.29, 0.717) is 15.3 Å². The van der Waals surface area contributed by atoms with Gasteiger partial charge in [-0.3, -0.25) is 4.90 Å². The molecule has 1 aromatic heterocycles. The van der Waals surface area contributed by atoms with Gasteiger partial charge < -0.3 is 15.6 Å². The summed E-state index contributed by atoms with van der Waals surface area (Å²) in [5.74, 6) is -0.452. The van der Waals surface area contributed by atoms with Crippen LogP contribution in [0.3, 0.4) is 0 Å². The van der Waals surface area contributed by atoms with Crippen LogP contribution in [0.2, 0.25) is 0 Å². The molecule has 0 radical (unpaired) electrons. The average molecular weight is 544 g/mol. The number of nitrogens with one attached hydrogen (secondary N) is 3. The standard InChI is InChI=1S/C25H26FIN4O/c26-21-5-3-6-22(27)24(21)30-25(32)29-17-8-10-23-19(14-17)20(15-28-23)16-7-9-18-4-1-2-12-31(18)13-11-16/h3,5-6,8,10-11,14-15,18,28H,1-2,4,7,9,12-13H2,(H2,29,30,32). The summed E-state index contributed by atoms with van der Waals surface area (Å²) in [5.41, 5.74) is 4.47. The van der Waals surface area contributed by atoms with Crippen LogP contribution in [0, 0.1) is 9.39 Å². The first-order valence-electron chi connectivity index (χ1n) is 11.1. The minimum atomic E-state index is -0.463. The lowest BCUT2D eigenvalue weighted by Gasteiger charge is -2.33. The van der Waals surface area contributed by atoms with Gasteiger partial charge in [0.15, 0.2) is 0 Å². The first-order chi connectivity index (χ1) is 15.6. The van der Waals surface area contributed by atoms with E-state index in [1.807, 2.05) is 40.8 Å². The Morgan fingerprint density at radius 2 is 2.06 bits per heavy atom. The van der Waals surface area contributed by atoms with Gasteiger partial charge in [-0.15, -0.1) is 0 Å². The van der Waals surface area contributed by atoms with Crippen LogP contribution in [-0.4, -0.2) is 35.0 Å². The molecule has 166 valence electrons. The summed E-state index contributed by atoms with van der Waals surface area (Å²) >= 11 is 2.01. The highest BCUT2D eigenvalue weighted by Gasteiger charge is 2.24. The van der Waals surface area contributed by atoms with Crippen molar-refractivity contribution in [3.63, 3.8) is 0 Å². The maximum Gasteiger partial charge on any atom is 0.323 e. The summed E-state index contributed by atoms with van der Waals surface area (Å²) in [6.07, 6.45) is 10.7. The Morgan fingerprint density at radius 1 is 1.16 bits per heavy atom. The van der Waals surface area contributed by atoms with Gasteiger partial charge >= 0.3 is 6.03 Å². The number of carbonyl (C=O) groups excluding carboxylic acids is 1. The number of nitrogens with zero attached hydrogens (tertiary/aromatic N) is 1. The fraction of sp³-hybridized carbons (Fsp3) is 0.320. The highest BCUT2D eigenvalue weighted by atomic mass is 127. The highest BCUT2D eigenvalue weighted by molar-refractivity contribution is 14.1. The SMILES string of the molecule is O=C(Nc1ccc2[nH]cc(C3=CCN4CCCCC4CC3)c2c1)Nc1c(F)cccc1I. The zero-order chi connectivity index (χ0) is 22.1. The molecule has 0 saturated carbocycles. The Morgan fingerprint density at radius 3 is 2.94 bits per heavy atom. The number of fused-ring (bicyclic) bond motifs is 2. The topological polar surface area (TPSA) is 60.2 Å². The molecular weight excluding hydrogens is 518 g/mol. The minimum absolute atomic E-state index is 0.189. The lowest BCUT2D eigenvalue weighted by Crippen LogP contribution is -2.38. The largest absolute Gasteiger partial charge is 0.361 e. The number of rotatable bonds is 3. The molecule has 5 rings (SSSR count). The number of benzene rings is 2. The van der Waals surface area contributed by atoms with Crippen LogP contribution < -0.4 is 10.6 Å². The van der Waals surface area contributed by atoms with E-state index in [1.165, 1.54) is 49.4 Å². The molecule has 1 fully saturated rings. The molecule has 0 spiro atoms. The molecule has 1 atom stereocenters.